The molecule has 1 aromatic heterocycles. The van der Waals surface area contributed by atoms with Gasteiger partial charge in [0.25, 0.3) is 5.91 Å². The summed E-state index contributed by atoms with van der Waals surface area (Å²) in [5.41, 5.74) is 7.92. The monoisotopic (exact) mass is 574 g/mol. The van der Waals surface area contributed by atoms with Crippen LogP contribution in [-0.4, -0.2) is 23.2 Å². The summed E-state index contributed by atoms with van der Waals surface area (Å²) in [5.74, 6) is -0.955. The van der Waals surface area contributed by atoms with Gasteiger partial charge in [0.15, 0.2) is 5.78 Å². The Morgan fingerprint density at radius 3 is 1.83 bits per heavy atom. The highest BCUT2D eigenvalue weighted by molar-refractivity contribution is 8.01. The molecule has 0 aliphatic rings. The molecule has 1 heterocycles. The van der Waals surface area contributed by atoms with Crippen LogP contribution in [-0.2, 0) is 0 Å². The first kappa shape index (κ1) is 26.3. The van der Waals surface area contributed by atoms with Crippen LogP contribution in [0, 0.1) is 0 Å². The maximum atomic E-state index is 13.3. The lowest BCUT2D eigenvalue weighted by molar-refractivity contribution is 0.101. The predicted octanol–water partition coefficient (Wildman–Crippen LogP) is 7.75. The average Bonchev–Trinajstić information content (AvgIpc) is 3.20. The molecule has 3 aromatic carbocycles. The molecule has 3 N–H and O–H groups in total. The molecule has 0 radical (unpaired) electrons. The molecule has 0 aliphatic carbocycles. The van der Waals surface area contributed by atoms with Crippen molar-refractivity contribution in [3.8, 4) is 0 Å². The highest BCUT2D eigenvalue weighted by atomic mass is 35.5. The van der Waals surface area contributed by atoms with E-state index in [1.807, 2.05) is 0 Å². The summed E-state index contributed by atoms with van der Waals surface area (Å²) < 4.78 is 0.457. The van der Waals surface area contributed by atoms with Gasteiger partial charge in [0.05, 0.1) is 26.1 Å². The van der Waals surface area contributed by atoms with E-state index < -0.39 is 5.91 Å². The van der Waals surface area contributed by atoms with E-state index in [-0.39, 0.29) is 33.4 Å². The Kier molecular flexibility index (Phi) is 8.39. The highest BCUT2D eigenvalue weighted by Crippen LogP contribution is 2.40. The Balaban J connectivity index is 1.65. The number of Topliss-reactive ketones (excluding diaryl/α,β-unsaturated/α-hetero) is 1. The number of thioether (sulfide) groups is 1. The summed E-state index contributed by atoms with van der Waals surface area (Å²) in [6.07, 6.45) is 0. The minimum atomic E-state index is -0.498. The van der Waals surface area contributed by atoms with E-state index in [4.69, 9.17) is 40.5 Å². The van der Waals surface area contributed by atoms with Crippen LogP contribution in [0.15, 0.2) is 77.0 Å². The number of nitrogens with two attached hydrogens (primary N) is 1. The zero-order chi connectivity index (χ0) is 25.8. The molecule has 10 heteroatoms. The van der Waals surface area contributed by atoms with E-state index >= 15 is 0 Å². The summed E-state index contributed by atoms with van der Waals surface area (Å²) in [4.78, 5) is 39.4. The number of hydrogen-bond acceptors (Lipinski definition) is 6. The second-order valence-electron chi connectivity index (χ2n) is 7.52. The van der Waals surface area contributed by atoms with E-state index in [2.05, 4.69) is 5.32 Å². The number of hydrogen-bond donors (Lipinski definition) is 2. The fourth-order valence-corrected chi connectivity index (χ4v) is 5.95. The van der Waals surface area contributed by atoms with Crippen LogP contribution in [0.3, 0.4) is 0 Å². The number of halogens is 3. The van der Waals surface area contributed by atoms with Gasteiger partial charge in [0.2, 0.25) is 5.78 Å². The van der Waals surface area contributed by atoms with Crippen molar-refractivity contribution >= 4 is 86.7 Å². The van der Waals surface area contributed by atoms with Crippen LogP contribution in [0.4, 0.5) is 11.4 Å². The molecule has 5 nitrogen and oxygen atoms in total. The van der Waals surface area contributed by atoms with Crippen molar-refractivity contribution in [1.82, 2.24) is 0 Å². The molecule has 0 saturated heterocycles. The molecule has 0 fully saturated rings. The molecule has 0 spiro atoms. The van der Waals surface area contributed by atoms with Crippen LogP contribution in [0.5, 0.6) is 0 Å². The Labute approximate surface area is 230 Å². The van der Waals surface area contributed by atoms with Crippen molar-refractivity contribution in [2.75, 3.05) is 16.8 Å². The first-order valence-corrected chi connectivity index (χ1v) is 13.4. The molecule has 0 bridgehead atoms. The van der Waals surface area contributed by atoms with Gasteiger partial charge in [0.1, 0.15) is 0 Å². The molecule has 4 rings (SSSR count). The largest absolute Gasteiger partial charge is 0.397 e. The number of rotatable bonds is 8. The fourth-order valence-electron chi connectivity index (χ4n) is 3.22. The second-order valence-corrected chi connectivity index (χ2v) is 11.1. The summed E-state index contributed by atoms with van der Waals surface area (Å²) in [6, 6.07) is 19.5. The standard InChI is InChI=1S/C26H17Cl3N2O3S2/c27-16-5-1-14(2-6-16)20(32)13-35-26-21(25(34)31-19-11-9-18(29)10-12-19)22(30)24(36-26)23(33)15-3-7-17(28)8-4-15/h1-12H,13,30H2,(H,31,34). The van der Waals surface area contributed by atoms with Gasteiger partial charge in [-0.25, -0.2) is 0 Å². The number of benzene rings is 3. The predicted molar refractivity (Wildman–Crippen MR) is 150 cm³/mol. The van der Waals surface area contributed by atoms with E-state index in [0.717, 1.165) is 23.1 Å². The first-order valence-electron chi connectivity index (χ1n) is 10.4. The summed E-state index contributed by atoms with van der Waals surface area (Å²) in [5, 5.41) is 4.32. The van der Waals surface area contributed by atoms with E-state index in [9.17, 15) is 14.4 Å². The number of carbonyl (C=O) groups excluding carboxylic acids is 3. The lowest BCUT2D eigenvalue weighted by atomic mass is 10.1. The molecule has 0 unspecified atom stereocenters. The number of ketones is 2. The number of amides is 1. The zero-order valence-corrected chi connectivity index (χ0v) is 22.3. The van der Waals surface area contributed by atoms with Crippen LogP contribution in [0.25, 0.3) is 0 Å². The van der Waals surface area contributed by atoms with Gasteiger partial charge in [-0.1, -0.05) is 34.8 Å². The number of nitrogens with one attached hydrogen (secondary N) is 1. The Hall–Kier alpha value is -2.81. The summed E-state index contributed by atoms with van der Waals surface area (Å²) >= 11 is 20.0. The van der Waals surface area contributed by atoms with Gasteiger partial charge < -0.3 is 11.1 Å². The minimum absolute atomic E-state index is 0.0391. The Bertz CT molecular complexity index is 1440. The third kappa shape index (κ3) is 6.11. The molecule has 0 aliphatic heterocycles. The van der Waals surface area contributed by atoms with Crippen LogP contribution in [0.1, 0.15) is 36.0 Å². The highest BCUT2D eigenvalue weighted by Gasteiger charge is 2.27. The Morgan fingerprint density at radius 2 is 1.28 bits per heavy atom. The van der Waals surface area contributed by atoms with Gasteiger partial charge >= 0.3 is 0 Å². The molecular weight excluding hydrogens is 559 g/mol. The normalized spacial score (nSPS) is 10.8. The average molecular weight is 576 g/mol. The number of nitrogen functional groups attached to an aromatic ring is 1. The maximum Gasteiger partial charge on any atom is 0.259 e. The summed E-state index contributed by atoms with van der Waals surface area (Å²) in [7, 11) is 0. The minimum Gasteiger partial charge on any atom is -0.397 e. The molecule has 4 aromatic rings. The molecule has 1 amide bonds. The second kappa shape index (κ2) is 11.5. The summed E-state index contributed by atoms with van der Waals surface area (Å²) in [6.45, 7) is 0. The third-order valence-electron chi connectivity index (χ3n) is 5.06. The van der Waals surface area contributed by atoms with E-state index in [0.29, 0.717) is 36.1 Å². The molecule has 36 heavy (non-hydrogen) atoms. The van der Waals surface area contributed by atoms with Gasteiger partial charge in [-0.15, -0.1) is 23.1 Å². The van der Waals surface area contributed by atoms with E-state index in [1.54, 1.807) is 72.8 Å². The van der Waals surface area contributed by atoms with Gasteiger partial charge in [-0.2, -0.15) is 0 Å². The van der Waals surface area contributed by atoms with Gasteiger partial charge in [-0.3, -0.25) is 14.4 Å². The van der Waals surface area contributed by atoms with Crippen LogP contribution in [0.2, 0.25) is 15.1 Å². The van der Waals surface area contributed by atoms with E-state index in [1.165, 1.54) is 0 Å². The van der Waals surface area contributed by atoms with Gasteiger partial charge in [0, 0.05) is 31.9 Å². The van der Waals surface area contributed by atoms with Crippen molar-refractivity contribution in [3.63, 3.8) is 0 Å². The zero-order valence-electron chi connectivity index (χ0n) is 18.4. The van der Waals surface area contributed by atoms with Crippen LogP contribution >= 0.6 is 57.9 Å². The number of carbonyl (C=O) groups is 3. The van der Waals surface area contributed by atoms with Crippen molar-refractivity contribution in [3.05, 3.63) is 109 Å². The number of thiophene rings is 1. The topological polar surface area (TPSA) is 89.3 Å². The van der Waals surface area contributed by atoms with Crippen molar-refractivity contribution in [1.29, 1.82) is 0 Å². The fraction of sp³-hybridized carbons (Fsp3) is 0.0385. The smallest absolute Gasteiger partial charge is 0.259 e. The molecule has 0 saturated carbocycles. The van der Waals surface area contributed by atoms with Crippen molar-refractivity contribution < 1.29 is 14.4 Å². The molecule has 182 valence electrons. The first-order chi connectivity index (χ1) is 17.2. The van der Waals surface area contributed by atoms with Crippen molar-refractivity contribution in [2.24, 2.45) is 0 Å². The lowest BCUT2D eigenvalue weighted by Crippen LogP contribution is -2.15. The molecule has 0 atom stereocenters. The number of anilines is 2. The quantitative estimate of drug-likeness (QED) is 0.166. The Morgan fingerprint density at radius 1 is 0.778 bits per heavy atom. The molecular formula is C26H17Cl3N2O3S2. The maximum absolute atomic E-state index is 13.3. The van der Waals surface area contributed by atoms with Gasteiger partial charge in [-0.05, 0) is 72.8 Å². The van der Waals surface area contributed by atoms with Crippen molar-refractivity contribution in [2.45, 2.75) is 4.21 Å². The van der Waals surface area contributed by atoms with Crippen LogP contribution < -0.4 is 11.1 Å². The third-order valence-corrected chi connectivity index (χ3v) is 8.29. The SMILES string of the molecule is Nc1c(C(=O)c2ccc(Cl)cc2)sc(SCC(=O)c2ccc(Cl)cc2)c1C(=O)Nc1ccc(Cl)cc1. The lowest BCUT2D eigenvalue weighted by Gasteiger charge is -2.08.